The fraction of sp³-hybridized carbons (Fsp3) is 0.400. The second kappa shape index (κ2) is 12.1. The van der Waals surface area contributed by atoms with Crippen molar-refractivity contribution in [1.82, 2.24) is 14.4 Å². The zero-order valence-corrected chi connectivity index (χ0v) is 22.3. The van der Waals surface area contributed by atoms with Gasteiger partial charge in [0.1, 0.15) is 5.82 Å². The Hall–Kier alpha value is -3.49. The molecule has 212 valence electrons. The quantitative estimate of drug-likeness (QED) is 0.443. The molecule has 39 heavy (non-hydrogen) atoms. The molecular weight excluding hydrogens is 541 g/mol. The fourth-order valence-electron chi connectivity index (χ4n) is 4.08. The molecule has 0 aliphatic carbocycles. The van der Waals surface area contributed by atoms with E-state index < -0.39 is 22.2 Å². The molecule has 1 fully saturated rings. The molecule has 3 aromatic rings. The van der Waals surface area contributed by atoms with E-state index in [9.17, 15) is 21.6 Å². The Labute approximate surface area is 223 Å². The second-order valence-corrected chi connectivity index (χ2v) is 11.0. The Bertz CT molecular complexity index is 1420. The van der Waals surface area contributed by atoms with Crippen molar-refractivity contribution in [1.29, 1.82) is 0 Å². The third kappa shape index (κ3) is 7.34. The molecule has 0 bridgehead atoms. The van der Waals surface area contributed by atoms with Gasteiger partial charge < -0.3 is 20.1 Å². The number of anilines is 1. The highest BCUT2D eigenvalue weighted by molar-refractivity contribution is 7.89. The summed E-state index contributed by atoms with van der Waals surface area (Å²) in [5.74, 6) is -1.51. The first-order valence-corrected chi connectivity index (χ1v) is 13.3. The third-order valence-corrected chi connectivity index (χ3v) is 8.08. The van der Waals surface area contributed by atoms with Gasteiger partial charge in [0.05, 0.1) is 16.2 Å². The smallest absolute Gasteiger partial charge is 0.475 e. The maximum absolute atomic E-state index is 13.3. The molecule has 2 aromatic heterocycles. The molecule has 0 atom stereocenters. The zero-order valence-electron chi connectivity index (χ0n) is 21.5. The van der Waals surface area contributed by atoms with E-state index >= 15 is 0 Å². The number of alkyl halides is 3. The number of ether oxygens (including phenoxy) is 1. The topological polar surface area (TPSA) is 149 Å². The number of carboxylic acids is 1. The standard InChI is InChI=1S/C23H28N4O4S.C2HF3O2/c1-15-4-5-19(32(28,29)27-8-6-17(7-9-27)14-30-3)12-20(15)18-11-21(23(24)25-13-18)22-10-16(2)26-31-22;3-2(4,5)1(6)7/h4-5,10-13,17H,6-9,14H2,1-3H3,(H2,24,25);(H,6,7). The number of rotatable bonds is 6. The number of halogens is 3. The highest BCUT2D eigenvalue weighted by atomic mass is 32.2. The Morgan fingerprint density at radius 1 is 1.18 bits per heavy atom. The first-order chi connectivity index (χ1) is 18.2. The van der Waals surface area contributed by atoms with Gasteiger partial charge in [-0.2, -0.15) is 17.5 Å². The Morgan fingerprint density at radius 2 is 1.82 bits per heavy atom. The molecule has 4 rings (SSSR count). The maximum Gasteiger partial charge on any atom is 0.490 e. The number of nitrogens with zero attached hydrogens (tertiary/aromatic N) is 3. The minimum absolute atomic E-state index is 0.275. The molecule has 0 amide bonds. The van der Waals surface area contributed by atoms with Crippen LogP contribution in [0.1, 0.15) is 24.1 Å². The molecule has 3 heterocycles. The predicted octanol–water partition coefficient (Wildman–Crippen LogP) is 4.28. The van der Waals surface area contributed by atoms with Gasteiger partial charge in [0.25, 0.3) is 0 Å². The number of hydrogen-bond donors (Lipinski definition) is 2. The van der Waals surface area contributed by atoms with Crippen LogP contribution in [0.25, 0.3) is 22.5 Å². The number of carbonyl (C=O) groups is 1. The average Bonchev–Trinajstić information content (AvgIpc) is 3.31. The van der Waals surface area contributed by atoms with E-state index in [1.807, 2.05) is 26.0 Å². The molecule has 0 unspecified atom stereocenters. The van der Waals surface area contributed by atoms with Crippen molar-refractivity contribution in [3.8, 4) is 22.5 Å². The lowest BCUT2D eigenvalue weighted by Gasteiger charge is -2.31. The molecule has 0 spiro atoms. The van der Waals surface area contributed by atoms with Crippen molar-refractivity contribution >= 4 is 21.8 Å². The van der Waals surface area contributed by atoms with Crippen LogP contribution in [0, 0.1) is 19.8 Å². The summed E-state index contributed by atoms with van der Waals surface area (Å²) in [6.45, 7) is 5.43. The number of carboxylic acid groups (broad SMARTS) is 1. The van der Waals surface area contributed by atoms with E-state index in [0.29, 0.717) is 42.8 Å². The number of aryl methyl sites for hydroxylation is 2. The Balaban J connectivity index is 0.000000532. The molecule has 1 aromatic carbocycles. The van der Waals surface area contributed by atoms with Crippen LogP contribution in [0.2, 0.25) is 0 Å². The molecule has 1 aliphatic rings. The van der Waals surface area contributed by atoms with Gasteiger partial charge in [0, 0.05) is 44.6 Å². The van der Waals surface area contributed by atoms with Gasteiger partial charge in [-0.1, -0.05) is 11.2 Å². The van der Waals surface area contributed by atoms with Crippen LogP contribution in [0.4, 0.5) is 19.0 Å². The van der Waals surface area contributed by atoms with Crippen molar-refractivity contribution in [3.63, 3.8) is 0 Å². The van der Waals surface area contributed by atoms with Gasteiger partial charge in [-0.3, -0.25) is 0 Å². The summed E-state index contributed by atoms with van der Waals surface area (Å²) in [6, 6.07) is 8.86. The number of aromatic nitrogens is 2. The SMILES string of the molecule is COCC1CCN(S(=O)(=O)c2ccc(C)c(-c3cnc(N)c(-c4cc(C)no4)c3)c2)CC1.O=C(O)C(F)(F)F. The minimum Gasteiger partial charge on any atom is -0.475 e. The van der Waals surface area contributed by atoms with Gasteiger partial charge in [-0.05, 0) is 61.9 Å². The molecule has 0 saturated carbocycles. The number of sulfonamides is 1. The lowest BCUT2D eigenvalue weighted by Crippen LogP contribution is -2.39. The summed E-state index contributed by atoms with van der Waals surface area (Å²) in [7, 11) is -1.92. The summed E-state index contributed by atoms with van der Waals surface area (Å²) in [6.07, 6.45) is -1.84. The summed E-state index contributed by atoms with van der Waals surface area (Å²) < 4.78 is 70.5. The van der Waals surface area contributed by atoms with Gasteiger partial charge >= 0.3 is 12.1 Å². The van der Waals surface area contributed by atoms with Crippen molar-refractivity contribution in [2.75, 3.05) is 32.5 Å². The molecule has 3 N–H and O–H groups in total. The van der Waals surface area contributed by atoms with E-state index in [0.717, 1.165) is 35.2 Å². The number of hydrogen-bond acceptors (Lipinski definition) is 8. The van der Waals surface area contributed by atoms with Crippen molar-refractivity contribution in [3.05, 3.63) is 47.8 Å². The number of benzene rings is 1. The van der Waals surface area contributed by atoms with Gasteiger partial charge in [-0.15, -0.1) is 0 Å². The summed E-state index contributed by atoms with van der Waals surface area (Å²) in [5, 5.41) is 11.0. The first kappa shape index (κ1) is 30.1. The minimum atomic E-state index is -5.08. The molecule has 10 nitrogen and oxygen atoms in total. The number of pyridine rings is 1. The highest BCUT2D eigenvalue weighted by Gasteiger charge is 2.38. The monoisotopic (exact) mass is 570 g/mol. The first-order valence-electron chi connectivity index (χ1n) is 11.8. The van der Waals surface area contributed by atoms with E-state index in [2.05, 4.69) is 10.1 Å². The normalized spacial score (nSPS) is 15.0. The van der Waals surface area contributed by atoms with Crippen molar-refractivity contribution in [2.45, 2.75) is 37.8 Å². The van der Waals surface area contributed by atoms with E-state index in [1.165, 1.54) is 0 Å². The molecular formula is C25H29F3N4O6S. The fourth-order valence-corrected chi connectivity index (χ4v) is 5.58. The van der Waals surface area contributed by atoms with Crippen molar-refractivity contribution in [2.24, 2.45) is 5.92 Å². The van der Waals surface area contributed by atoms with Crippen LogP contribution < -0.4 is 5.73 Å². The number of methoxy groups -OCH3 is 1. The maximum atomic E-state index is 13.3. The van der Waals surface area contributed by atoms with E-state index in [4.69, 9.17) is 24.9 Å². The molecule has 14 heteroatoms. The van der Waals surface area contributed by atoms with Gasteiger partial charge in [0.15, 0.2) is 5.76 Å². The number of nitrogens with two attached hydrogens (primary N) is 1. The summed E-state index contributed by atoms with van der Waals surface area (Å²) in [5.41, 5.74) is 9.91. The highest BCUT2D eigenvalue weighted by Crippen LogP contribution is 2.33. The van der Waals surface area contributed by atoms with Crippen LogP contribution >= 0.6 is 0 Å². The average molecular weight is 571 g/mol. The number of nitrogen functional groups attached to an aromatic ring is 1. The molecule has 0 radical (unpaired) electrons. The molecule has 1 saturated heterocycles. The van der Waals surface area contributed by atoms with Gasteiger partial charge in [-0.25, -0.2) is 18.2 Å². The van der Waals surface area contributed by atoms with Crippen LogP contribution in [0.5, 0.6) is 0 Å². The lowest BCUT2D eigenvalue weighted by molar-refractivity contribution is -0.192. The van der Waals surface area contributed by atoms with Crippen LogP contribution in [-0.4, -0.2) is 66.9 Å². The number of aliphatic carboxylic acids is 1. The van der Waals surface area contributed by atoms with Crippen LogP contribution in [0.15, 0.2) is 45.9 Å². The van der Waals surface area contributed by atoms with Gasteiger partial charge in [0.2, 0.25) is 10.0 Å². The zero-order chi connectivity index (χ0) is 29.0. The Morgan fingerprint density at radius 3 is 2.36 bits per heavy atom. The molecule has 1 aliphatic heterocycles. The third-order valence-electron chi connectivity index (χ3n) is 6.19. The predicted molar refractivity (Wildman–Crippen MR) is 136 cm³/mol. The lowest BCUT2D eigenvalue weighted by atomic mass is 9.99. The summed E-state index contributed by atoms with van der Waals surface area (Å²) >= 11 is 0. The van der Waals surface area contributed by atoms with E-state index in [-0.39, 0.29) is 4.90 Å². The number of piperidine rings is 1. The van der Waals surface area contributed by atoms with Crippen molar-refractivity contribution < 1.29 is 40.8 Å². The Kier molecular flexibility index (Phi) is 9.35. The largest absolute Gasteiger partial charge is 0.490 e. The van der Waals surface area contributed by atoms with Crippen LogP contribution in [0.3, 0.4) is 0 Å². The van der Waals surface area contributed by atoms with Crippen LogP contribution in [-0.2, 0) is 19.6 Å². The van der Waals surface area contributed by atoms with E-state index in [1.54, 1.807) is 35.8 Å². The summed E-state index contributed by atoms with van der Waals surface area (Å²) in [4.78, 5) is 13.5. The second-order valence-electron chi connectivity index (χ2n) is 9.07.